The molecule has 0 saturated heterocycles. The van der Waals surface area contributed by atoms with Crippen LogP contribution < -0.4 is 0 Å². The van der Waals surface area contributed by atoms with Crippen molar-refractivity contribution in [2.45, 2.75) is 200 Å². The molecular formula is C41H50F34O3. The lowest BCUT2D eigenvalue weighted by atomic mass is 9.89. The van der Waals surface area contributed by atoms with Gasteiger partial charge in [-0.25, -0.2) is 0 Å². The smallest absolute Gasteiger partial charge is 0.373 e. The van der Waals surface area contributed by atoms with E-state index in [2.05, 4.69) is 30.2 Å². The van der Waals surface area contributed by atoms with Crippen LogP contribution in [0.15, 0.2) is 0 Å². The fourth-order valence-corrected chi connectivity index (χ4v) is 6.73. The second-order valence-electron chi connectivity index (χ2n) is 19.1. The van der Waals surface area contributed by atoms with Gasteiger partial charge in [0.05, 0.1) is 13.2 Å². The van der Waals surface area contributed by atoms with Crippen molar-refractivity contribution in [3.8, 4) is 0 Å². The minimum atomic E-state index is -9.05. The zero-order valence-corrected chi connectivity index (χ0v) is 40.6. The van der Waals surface area contributed by atoms with Crippen LogP contribution in [-0.2, 0) is 14.2 Å². The van der Waals surface area contributed by atoms with E-state index in [0.717, 1.165) is 38.5 Å². The fraction of sp³-hybridized carbons (Fsp3) is 1.00. The topological polar surface area (TPSA) is 27.7 Å². The molecule has 0 fully saturated rings. The fourth-order valence-electron chi connectivity index (χ4n) is 6.73. The molecular weight excluding hydrogens is 1190 g/mol. The Kier molecular flexibility index (Phi) is 24.3. The van der Waals surface area contributed by atoms with E-state index < -0.39 is 140 Å². The molecule has 3 nitrogen and oxygen atoms in total. The van der Waals surface area contributed by atoms with E-state index in [1.807, 2.05) is 6.92 Å². The molecule has 0 aromatic heterocycles. The zero-order valence-electron chi connectivity index (χ0n) is 40.6. The van der Waals surface area contributed by atoms with Crippen LogP contribution in [0.5, 0.6) is 0 Å². The van der Waals surface area contributed by atoms with Gasteiger partial charge in [0.15, 0.2) is 0 Å². The molecule has 0 aliphatic heterocycles. The Hall–Kier alpha value is -2.50. The van der Waals surface area contributed by atoms with Gasteiger partial charge in [0.2, 0.25) is 0 Å². The summed E-state index contributed by atoms with van der Waals surface area (Å²) in [4.78, 5) is 0. The van der Waals surface area contributed by atoms with Gasteiger partial charge in [-0.1, -0.05) is 92.4 Å². The molecule has 3 unspecified atom stereocenters. The molecule has 0 amide bonds. The molecule has 0 aliphatic carbocycles. The average molecular weight is 1240 g/mol. The summed E-state index contributed by atoms with van der Waals surface area (Å²) in [5, 5.41) is 0. The Labute approximate surface area is 420 Å². The molecule has 0 heterocycles. The average Bonchev–Trinajstić information content (AvgIpc) is 3.24. The molecule has 0 N–H and O–H groups in total. The van der Waals surface area contributed by atoms with Gasteiger partial charge in [-0.3, -0.25) is 0 Å². The summed E-state index contributed by atoms with van der Waals surface area (Å²) in [6, 6.07) is 0. The Morgan fingerprint density at radius 1 is 0.269 bits per heavy atom. The monoisotopic (exact) mass is 1240 g/mol. The van der Waals surface area contributed by atoms with Crippen molar-refractivity contribution in [2.75, 3.05) is 33.0 Å². The van der Waals surface area contributed by atoms with Gasteiger partial charge in [0.25, 0.3) is 0 Å². The minimum Gasteiger partial charge on any atom is -0.373 e. The number of halogens is 34. The van der Waals surface area contributed by atoms with Crippen molar-refractivity contribution >= 4 is 0 Å². The lowest BCUT2D eigenvalue weighted by molar-refractivity contribution is -0.462. The summed E-state index contributed by atoms with van der Waals surface area (Å²) in [5.41, 5.74) is 0. The highest BCUT2D eigenvalue weighted by Gasteiger charge is 2.97. The van der Waals surface area contributed by atoms with Crippen LogP contribution >= 0.6 is 0 Å². The summed E-state index contributed by atoms with van der Waals surface area (Å²) in [6.45, 7) is -3.42. The zero-order chi connectivity index (χ0) is 62.6. The van der Waals surface area contributed by atoms with E-state index in [0.29, 0.717) is 24.7 Å². The number of hydrogen-bond acceptors (Lipinski definition) is 3. The number of ether oxygens (including phenoxy) is 3. The Morgan fingerprint density at radius 3 is 0.731 bits per heavy atom. The lowest BCUT2D eigenvalue weighted by Crippen LogP contribution is -2.74. The normalized spacial score (nSPS) is 16.9. The maximum Gasteiger partial charge on any atom is 0.460 e. The van der Waals surface area contributed by atoms with E-state index >= 15 is 0 Å². The van der Waals surface area contributed by atoms with Crippen molar-refractivity contribution in [1.82, 2.24) is 0 Å². The van der Waals surface area contributed by atoms with Crippen LogP contribution in [0.2, 0.25) is 0 Å². The Bertz CT molecular complexity index is 1720. The molecule has 0 radical (unpaired) electrons. The summed E-state index contributed by atoms with van der Waals surface area (Å²) >= 11 is 0. The summed E-state index contributed by atoms with van der Waals surface area (Å²) in [6.07, 6.45) is -12.5. The van der Waals surface area contributed by atoms with Crippen LogP contribution in [0, 0.1) is 23.7 Å². The van der Waals surface area contributed by atoms with Gasteiger partial charge in [0, 0.05) is 6.61 Å². The summed E-state index contributed by atoms with van der Waals surface area (Å²) < 4.78 is 477. The van der Waals surface area contributed by atoms with Gasteiger partial charge < -0.3 is 14.2 Å². The number of hydrogen-bond donors (Lipinski definition) is 0. The first kappa shape index (κ1) is 75.5. The Morgan fingerprint density at radius 2 is 0.487 bits per heavy atom. The quantitative estimate of drug-likeness (QED) is 0.0585. The molecule has 0 aliphatic rings. The molecule has 3 atom stereocenters. The Balaban J connectivity index is 6.65. The third-order valence-electron chi connectivity index (χ3n) is 12.0. The predicted molar refractivity (Wildman–Crippen MR) is 201 cm³/mol. The first-order valence-electron chi connectivity index (χ1n) is 22.4. The minimum absolute atomic E-state index is 0.122. The summed E-state index contributed by atoms with van der Waals surface area (Å²) in [5.74, 6) is -119. The van der Waals surface area contributed by atoms with E-state index in [4.69, 9.17) is 4.74 Å². The largest absolute Gasteiger partial charge is 0.460 e. The number of rotatable bonds is 36. The van der Waals surface area contributed by atoms with E-state index in [-0.39, 0.29) is 18.8 Å². The highest BCUT2D eigenvalue weighted by molar-refractivity contribution is 5.16. The third kappa shape index (κ3) is 14.8. The van der Waals surface area contributed by atoms with Gasteiger partial charge in [-0.05, 0) is 30.1 Å². The van der Waals surface area contributed by atoms with Gasteiger partial charge >= 0.3 is 95.3 Å². The molecule has 78 heavy (non-hydrogen) atoms. The van der Waals surface area contributed by atoms with Crippen LogP contribution in [0.1, 0.15) is 98.8 Å². The van der Waals surface area contributed by atoms with E-state index in [9.17, 15) is 149 Å². The van der Waals surface area contributed by atoms with Crippen molar-refractivity contribution in [3.05, 3.63) is 0 Å². The van der Waals surface area contributed by atoms with Gasteiger partial charge in [0.1, 0.15) is 19.3 Å². The van der Waals surface area contributed by atoms with Gasteiger partial charge in [-0.15, -0.1) is 0 Å². The molecule has 0 rings (SSSR count). The van der Waals surface area contributed by atoms with E-state index in [1.165, 1.54) is 6.92 Å². The molecule has 470 valence electrons. The molecule has 0 aromatic rings. The highest BCUT2D eigenvalue weighted by atomic mass is 19.4. The summed E-state index contributed by atoms with van der Waals surface area (Å²) in [7, 11) is 0. The van der Waals surface area contributed by atoms with Crippen molar-refractivity contribution in [3.63, 3.8) is 0 Å². The maximum atomic E-state index is 14.5. The molecule has 37 heteroatoms. The second-order valence-corrected chi connectivity index (χ2v) is 19.1. The molecule has 0 saturated carbocycles. The van der Waals surface area contributed by atoms with Crippen LogP contribution in [0.25, 0.3) is 0 Å². The highest BCUT2D eigenvalue weighted by Crippen LogP contribution is 2.66. The van der Waals surface area contributed by atoms with Crippen LogP contribution in [0.4, 0.5) is 149 Å². The van der Waals surface area contributed by atoms with E-state index in [1.54, 1.807) is 0 Å². The molecule has 0 aromatic carbocycles. The van der Waals surface area contributed by atoms with Crippen molar-refractivity contribution in [1.29, 1.82) is 0 Å². The van der Waals surface area contributed by atoms with Crippen LogP contribution in [0.3, 0.4) is 0 Å². The predicted octanol–water partition coefficient (Wildman–Crippen LogP) is 17.9. The first-order chi connectivity index (χ1) is 34.2. The SMILES string of the molecule is CC(C)CCCC(C)CCCC(C)CCCC(C)CCOC(COCC(F)(F)C(F)(F)C(F)(F)C(F)(F)C(F)(F)C(F)(F)C(F)(F)C(F)(F)F)COCC(F)(F)C(F)(F)C(F)(F)C(F)(F)C(F)(F)C(F)(F)C(F)(F)C(F)(F)F. The maximum absolute atomic E-state index is 14.5. The molecule has 0 spiro atoms. The molecule has 0 bridgehead atoms. The second kappa shape index (κ2) is 25.2. The standard InChI is InChI=1S/C41H50F34O3/c1-21(2)9-6-10-22(3)11-7-12-23(4)13-8-14-24(5)15-16-78-25(17-76-19-26(42,43)28(46,47)30(50,51)32(54,55)34(58,59)36(62,63)38(66,67)40(70,71)72)18-77-20-27(44,45)29(48,49)31(52,53)33(56,57)35(60,61)37(64,65)39(68,69)41(73,74)75/h21-25H,6-20H2,1-5H3. The van der Waals surface area contributed by atoms with Gasteiger partial charge in [-0.2, -0.15) is 149 Å². The van der Waals surface area contributed by atoms with Crippen molar-refractivity contribution in [2.24, 2.45) is 23.7 Å². The lowest BCUT2D eigenvalue weighted by Gasteiger charge is -2.42. The van der Waals surface area contributed by atoms with Crippen molar-refractivity contribution < 1.29 is 163 Å². The third-order valence-corrected chi connectivity index (χ3v) is 12.0. The first-order valence-corrected chi connectivity index (χ1v) is 22.4. The number of alkyl halides is 34. The van der Waals surface area contributed by atoms with Crippen LogP contribution in [-0.4, -0.2) is 134 Å².